The maximum Gasteiger partial charge on any atom is 0.226 e. The molecule has 2 heterocycles. The van der Waals surface area contributed by atoms with Gasteiger partial charge in [0.25, 0.3) is 0 Å². The highest BCUT2D eigenvalue weighted by Gasteiger charge is 2.26. The predicted molar refractivity (Wildman–Crippen MR) is 107 cm³/mol. The van der Waals surface area contributed by atoms with Crippen LogP contribution in [0.25, 0.3) is 6.08 Å². The zero-order valence-corrected chi connectivity index (χ0v) is 16.2. The van der Waals surface area contributed by atoms with Crippen LogP contribution in [0.1, 0.15) is 61.6 Å². The molecule has 1 aromatic rings. The second-order valence-electron chi connectivity index (χ2n) is 8.38. The van der Waals surface area contributed by atoms with Crippen molar-refractivity contribution in [2.75, 3.05) is 26.2 Å². The van der Waals surface area contributed by atoms with Crippen molar-refractivity contribution in [3.05, 3.63) is 40.5 Å². The molecule has 1 amide bonds. The van der Waals surface area contributed by atoms with E-state index < -0.39 is 0 Å². The van der Waals surface area contributed by atoms with Gasteiger partial charge >= 0.3 is 0 Å². The number of likely N-dealkylation sites (tertiary alicyclic amines) is 2. The molecule has 140 valence electrons. The maximum atomic E-state index is 12.4. The van der Waals surface area contributed by atoms with Crippen molar-refractivity contribution in [1.29, 1.82) is 0 Å². The number of carbonyl (C=O) groups is 1. The van der Waals surface area contributed by atoms with Gasteiger partial charge in [-0.05, 0) is 62.1 Å². The van der Waals surface area contributed by atoms with Gasteiger partial charge in [-0.15, -0.1) is 0 Å². The molecule has 0 radical (unpaired) electrons. The molecular formula is C23H32N2O. The van der Waals surface area contributed by atoms with Crippen molar-refractivity contribution in [1.82, 2.24) is 9.80 Å². The van der Waals surface area contributed by atoms with Crippen LogP contribution in [0, 0.1) is 6.92 Å². The summed E-state index contributed by atoms with van der Waals surface area (Å²) in [5.74, 6) is 0.288. The van der Waals surface area contributed by atoms with Crippen LogP contribution in [0.4, 0.5) is 0 Å². The van der Waals surface area contributed by atoms with Gasteiger partial charge in [-0.2, -0.15) is 0 Å². The van der Waals surface area contributed by atoms with Crippen LogP contribution in [0.15, 0.2) is 23.8 Å². The van der Waals surface area contributed by atoms with E-state index in [1.165, 1.54) is 56.3 Å². The SMILES string of the molecule is Cc1cc(CC(=O)N2CCCC2)ccc1C=C1CCN(C2CCC2)CC1. The van der Waals surface area contributed by atoms with E-state index >= 15 is 0 Å². The number of benzene rings is 1. The highest BCUT2D eigenvalue weighted by atomic mass is 16.2. The minimum absolute atomic E-state index is 0.288. The van der Waals surface area contributed by atoms with Crippen molar-refractivity contribution in [3.8, 4) is 0 Å². The third-order valence-corrected chi connectivity index (χ3v) is 6.54. The quantitative estimate of drug-likeness (QED) is 0.811. The molecule has 3 fully saturated rings. The first-order valence-corrected chi connectivity index (χ1v) is 10.5. The molecule has 0 N–H and O–H groups in total. The van der Waals surface area contributed by atoms with Crippen LogP contribution in [0.5, 0.6) is 0 Å². The van der Waals surface area contributed by atoms with E-state index in [9.17, 15) is 4.79 Å². The summed E-state index contributed by atoms with van der Waals surface area (Å²) < 4.78 is 0. The van der Waals surface area contributed by atoms with Gasteiger partial charge in [0, 0.05) is 32.2 Å². The summed E-state index contributed by atoms with van der Waals surface area (Å²) >= 11 is 0. The number of hydrogen-bond donors (Lipinski definition) is 0. The number of rotatable bonds is 4. The average molecular weight is 353 g/mol. The lowest BCUT2D eigenvalue weighted by atomic mass is 9.89. The van der Waals surface area contributed by atoms with Crippen LogP contribution in [-0.4, -0.2) is 47.9 Å². The minimum Gasteiger partial charge on any atom is -0.342 e. The predicted octanol–water partition coefficient (Wildman–Crippen LogP) is 4.19. The smallest absolute Gasteiger partial charge is 0.226 e. The number of nitrogens with zero attached hydrogens (tertiary/aromatic N) is 2. The fourth-order valence-electron chi connectivity index (χ4n) is 4.56. The van der Waals surface area contributed by atoms with Crippen LogP contribution < -0.4 is 0 Å². The van der Waals surface area contributed by atoms with Crippen LogP contribution >= 0.6 is 0 Å². The Hall–Kier alpha value is -1.61. The second kappa shape index (κ2) is 7.96. The van der Waals surface area contributed by atoms with E-state index in [0.717, 1.165) is 37.5 Å². The first-order valence-electron chi connectivity index (χ1n) is 10.5. The minimum atomic E-state index is 0.288. The van der Waals surface area contributed by atoms with Gasteiger partial charge in [-0.3, -0.25) is 9.69 Å². The molecule has 1 aliphatic carbocycles. The highest BCUT2D eigenvalue weighted by molar-refractivity contribution is 5.79. The topological polar surface area (TPSA) is 23.6 Å². The standard InChI is InChI=1S/C23H32N2O/c1-18-15-20(17-23(26)25-11-2-3-12-25)7-8-21(18)16-19-9-13-24(14-10-19)22-5-4-6-22/h7-8,15-16,22H,2-6,9-14,17H2,1H3. The summed E-state index contributed by atoms with van der Waals surface area (Å²) in [7, 11) is 0. The molecule has 0 aromatic heterocycles. The van der Waals surface area contributed by atoms with Crippen LogP contribution in [-0.2, 0) is 11.2 Å². The first-order chi connectivity index (χ1) is 12.7. The lowest BCUT2D eigenvalue weighted by molar-refractivity contribution is -0.129. The van der Waals surface area contributed by atoms with Crippen LogP contribution in [0.2, 0.25) is 0 Å². The zero-order chi connectivity index (χ0) is 17.9. The van der Waals surface area contributed by atoms with E-state index in [4.69, 9.17) is 0 Å². The molecular weight excluding hydrogens is 320 g/mol. The van der Waals surface area contributed by atoms with E-state index in [0.29, 0.717) is 6.42 Å². The zero-order valence-electron chi connectivity index (χ0n) is 16.2. The van der Waals surface area contributed by atoms with E-state index in [1.54, 1.807) is 5.57 Å². The van der Waals surface area contributed by atoms with E-state index in [2.05, 4.69) is 36.1 Å². The Labute approximate surface area is 158 Å². The van der Waals surface area contributed by atoms with Gasteiger partial charge in [0.15, 0.2) is 0 Å². The Morgan fingerprint density at radius 1 is 1.08 bits per heavy atom. The third kappa shape index (κ3) is 4.03. The molecule has 0 bridgehead atoms. The maximum absolute atomic E-state index is 12.4. The molecule has 2 saturated heterocycles. The number of aryl methyl sites for hydroxylation is 1. The number of carbonyl (C=O) groups excluding carboxylic acids is 1. The van der Waals surface area contributed by atoms with Crippen molar-refractivity contribution >= 4 is 12.0 Å². The molecule has 0 atom stereocenters. The van der Waals surface area contributed by atoms with Gasteiger partial charge in [0.1, 0.15) is 0 Å². The van der Waals surface area contributed by atoms with E-state index in [-0.39, 0.29) is 5.91 Å². The molecule has 0 spiro atoms. The highest BCUT2D eigenvalue weighted by Crippen LogP contribution is 2.29. The van der Waals surface area contributed by atoms with Gasteiger partial charge < -0.3 is 4.90 Å². The molecule has 3 heteroatoms. The van der Waals surface area contributed by atoms with Crippen LogP contribution in [0.3, 0.4) is 0 Å². The molecule has 1 saturated carbocycles. The van der Waals surface area contributed by atoms with Gasteiger partial charge in [0.05, 0.1) is 6.42 Å². The van der Waals surface area contributed by atoms with Gasteiger partial charge in [0.2, 0.25) is 5.91 Å². The fraction of sp³-hybridized carbons (Fsp3) is 0.609. The summed E-state index contributed by atoms with van der Waals surface area (Å²) in [5, 5.41) is 0. The number of amides is 1. The molecule has 4 rings (SSSR count). The second-order valence-corrected chi connectivity index (χ2v) is 8.38. The monoisotopic (exact) mass is 352 g/mol. The molecule has 2 aliphatic heterocycles. The Balaban J connectivity index is 1.36. The Kier molecular flexibility index (Phi) is 5.44. The largest absolute Gasteiger partial charge is 0.342 e. The number of piperidine rings is 1. The molecule has 0 unspecified atom stereocenters. The van der Waals surface area contributed by atoms with Crippen molar-refractivity contribution < 1.29 is 4.79 Å². The summed E-state index contributed by atoms with van der Waals surface area (Å²) in [6, 6.07) is 7.46. The summed E-state index contributed by atoms with van der Waals surface area (Å²) in [6.45, 7) is 6.54. The Morgan fingerprint density at radius 2 is 1.81 bits per heavy atom. The summed E-state index contributed by atoms with van der Waals surface area (Å²) in [4.78, 5) is 17.1. The van der Waals surface area contributed by atoms with Crippen molar-refractivity contribution in [2.24, 2.45) is 0 Å². The van der Waals surface area contributed by atoms with E-state index in [1.807, 2.05) is 4.90 Å². The summed E-state index contributed by atoms with van der Waals surface area (Å²) in [5.41, 5.74) is 5.37. The Morgan fingerprint density at radius 3 is 2.42 bits per heavy atom. The lowest BCUT2D eigenvalue weighted by Gasteiger charge is -2.40. The van der Waals surface area contributed by atoms with Gasteiger partial charge in [-0.1, -0.05) is 36.3 Å². The van der Waals surface area contributed by atoms with Gasteiger partial charge in [-0.25, -0.2) is 0 Å². The molecule has 26 heavy (non-hydrogen) atoms. The fourth-order valence-corrected chi connectivity index (χ4v) is 4.56. The summed E-state index contributed by atoms with van der Waals surface area (Å²) in [6.07, 6.45) is 12.0. The van der Waals surface area contributed by atoms with Crippen molar-refractivity contribution in [3.63, 3.8) is 0 Å². The first kappa shape index (κ1) is 17.8. The molecule has 3 aliphatic rings. The molecule has 1 aromatic carbocycles. The normalized spacial score (nSPS) is 21.7. The average Bonchev–Trinajstić information content (AvgIpc) is 3.12. The third-order valence-electron chi connectivity index (χ3n) is 6.54. The molecule has 3 nitrogen and oxygen atoms in total. The lowest BCUT2D eigenvalue weighted by Crippen LogP contribution is -2.43. The Bertz CT molecular complexity index is 673. The number of hydrogen-bond acceptors (Lipinski definition) is 2. The van der Waals surface area contributed by atoms with Crippen molar-refractivity contribution in [2.45, 2.75) is 64.3 Å².